The van der Waals surface area contributed by atoms with Gasteiger partial charge in [-0.05, 0) is 57.0 Å². The summed E-state index contributed by atoms with van der Waals surface area (Å²) in [6, 6.07) is 9.48. The van der Waals surface area contributed by atoms with Crippen molar-refractivity contribution in [3.63, 3.8) is 0 Å². The van der Waals surface area contributed by atoms with E-state index >= 15 is 0 Å². The van der Waals surface area contributed by atoms with Crippen LogP contribution in [0.4, 0.5) is 0 Å². The quantitative estimate of drug-likeness (QED) is 0.424. The van der Waals surface area contributed by atoms with Crippen LogP contribution in [-0.2, 0) is 40.9 Å². The molecule has 1 aliphatic rings. The van der Waals surface area contributed by atoms with Crippen molar-refractivity contribution in [1.29, 1.82) is 0 Å². The van der Waals surface area contributed by atoms with Crippen molar-refractivity contribution in [2.75, 3.05) is 13.2 Å². The number of aromatic nitrogens is 1. The maximum absolute atomic E-state index is 13.3. The number of nitrogens with two attached hydrogens (primary N) is 1. The van der Waals surface area contributed by atoms with Gasteiger partial charge >= 0.3 is 5.97 Å². The van der Waals surface area contributed by atoms with Gasteiger partial charge in [0, 0.05) is 6.54 Å². The maximum atomic E-state index is 13.3. The van der Waals surface area contributed by atoms with Crippen LogP contribution in [0, 0.1) is 6.92 Å². The van der Waals surface area contributed by atoms with Crippen molar-refractivity contribution in [2.24, 2.45) is 10.1 Å². The van der Waals surface area contributed by atoms with Gasteiger partial charge < -0.3 is 9.30 Å². The number of esters is 1. The SMILES string of the molecule is CCOC(=O)Cn1c(=NC(=O)C2CCCN2S(=O)(=O)c2ccc(C)cc2)sc2cc(S(N)(=O)=O)ccc21. The van der Waals surface area contributed by atoms with E-state index in [1.165, 1.54) is 34.9 Å². The molecule has 14 heteroatoms. The molecule has 0 saturated carbocycles. The minimum absolute atomic E-state index is 0.0903. The van der Waals surface area contributed by atoms with E-state index in [2.05, 4.69) is 4.99 Å². The maximum Gasteiger partial charge on any atom is 0.326 e. The van der Waals surface area contributed by atoms with E-state index in [-0.39, 0.29) is 34.3 Å². The molecule has 2 aromatic carbocycles. The van der Waals surface area contributed by atoms with Crippen molar-refractivity contribution in [1.82, 2.24) is 8.87 Å². The largest absolute Gasteiger partial charge is 0.465 e. The standard InChI is InChI=1S/C23H26N4O7S3/c1-3-34-21(28)14-26-18-11-10-17(36(24,30)31)13-20(18)35-23(26)25-22(29)19-5-4-12-27(19)37(32,33)16-8-6-15(2)7-9-16/h6-11,13,19H,3-5,12,14H2,1-2H3,(H2,24,30,31). The van der Waals surface area contributed by atoms with Crippen LogP contribution in [0.25, 0.3) is 10.2 Å². The molecule has 3 aromatic rings. The number of fused-ring (bicyclic) bond motifs is 1. The van der Waals surface area contributed by atoms with Crippen LogP contribution < -0.4 is 9.94 Å². The van der Waals surface area contributed by atoms with E-state index in [0.717, 1.165) is 21.2 Å². The number of thiazole rings is 1. The number of carbonyl (C=O) groups excluding carboxylic acids is 2. The first-order valence-corrected chi connectivity index (χ1v) is 15.2. The fourth-order valence-electron chi connectivity index (χ4n) is 4.09. The van der Waals surface area contributed by atoms with Crippen molar-refractivity contribution in [3.8, 4) is 0 Å². The van der Waals surface area contributed by atoms with Crippen LogP contribution in [-0.4, -0.2) is 56.8 Å². The summed E-state index contributed by atoms with van der Waals surface area (Å²) in [5.74, 6) is -1.25. The van der Waals surface area contributed by atoms with Crippen LogP contribution >= 0.6 is 11.3 Å². The van der Waals surface area contributed by atoms with Gasteiger partial charge in [-0.25, -0.2) is 22.0 Å². The van der Waals surface area contributed by atoms with Crippen LogP contribution in [0.3, 0.4) is 0 Å². The lowest BCUT2D eigenvalue weighted by Crippen LogP contribution is -2.40. The van der Waals surface area contributed by atoms with E-state index < -0.39 is 38.0 Å². The predicted molar refractivity (Wildman–Crippen MR) is 136 cm³/mol. The van der Waals surface area contributed by atoms with E-state index in [1.54, 1.807) is 19.1 Å². The molecule has 0 radical (unpaired) electrons. The molecular formula is C23H26N4O7S3. The smallest absolute Gasteiger partial charge is 0.326 e. The lowest BCUT2D eigenvalue weighted by atomic mass is 10.2. The van der Waals surface area contributed by atoms with Gasteiger partial charge in [-0.3, -0.25) is 9.59 Å². The van der Waals surface area contributed by atoms with Crippen LogP contribution in [0.2, 0.25) is 0 Å². The number of nitrogens with zero attached hydrogens (tertiary/aromatic N) is 3. The Labute approximate surface area is 218 Å². The Morgan fingerprint density at radius 1 is 1.11 bits per heavy atom. The van der Waals surface area contributed by atoms with Gasteiger partial charge in [-0.2, -0.15) is 9.30 Å². The van der Waals surface area contributed by atoms with Gasteiger partial charge in [0.05, 0.1) is 26.6 Å². The fraction of sp³-hybridized carbons (Fsp3) is 0.348. The molecule has 0 bridgehead atoms. The Bertz CT molecular complexity index is 1640. The number of carbonyl (C=O) groups is 2. The molecule has 2 heterocycles. The summed E-state index contributed by atoms with van der Waals surface area (Å²) in [5, 5.41) is 5.24. The Morgan fingerprint density at radius 3 is 2.43 bits per heavy atom. The van der Waals surface area contributed by atoms with Crippen LogP contribution in [0.5, 0.6) is 0 Å². The van der Waals surface area contributed by atoms with Crippen molar-refractivity contribution in [3.05, 3.63) is 52.8 Å². The average molecular weight is 567 g/mol. The third-order valence-electron chi connectivity index (χ3n) is 5.90. The molecule has 11 nitrogen and oxygen atoms in total. The monoisotopic (exact) mass is 566 g/mol. The molecule has 1 atom stereocenters. The summed E-state index contributed by atoms with van der Waals surface area (Å²) in [7, 11) is -7.91. The minimum Gasteiger partial charge on any atom is -0.465 e. The average Bonchev–Trinajstić information content (AvgIpc) is 3.45. The first-order chi connectivity index (χ1) is 17.4. The molecule has 0 aliphatic carbocycles. The Kier molecular flexibility index (Phi) is 7.67. The van der Waals surface area contributed by atoms with Crippen molar-refractivity contribution < 1.29 is 31.2 Å². The zero-order chi connectivity index (χ0) is 27.0. The second-order valence-corrected chi connectivity index (χ2v) is 12.9. The zero-order valence-electron chi connectivity index (χ0n) is 20.2. The molecular weight excluding hydrogens is 540 g/mol. The van der Waals surface area contributed by atoms with E-state index in [4.69, 9.17) is 9.88 Å². The summed E-state index contributed by atoms with van der Waals surface area (Å²) in [4.78, 5) is 29.9. The molecule has 1 unspecified atom stereocenters. The molecule has 198 valence electrons. The highest BCUT2D eigenvalue weighted by Crippen LogP contribution is 2.27. The van der Waals surface area contributed by atoms with Crippen LogP contribution in [0.15, 0.2) is 57.2 Å². The number of amides is 1. The molecule has 0 spiro atoms. The van der Waals surface area contributed by atoms with E-state index in [9.17, 15) is 26.4 Å². The number of benzene rings is 2. The third kappa shape index (κ3) is 5.67. The number of hydrogen-bond acceptors (Lipinski definition) is 8. The first-order valence-electron chi connectivity index (χ1n) is 11.4. The molecule has 4 rings (SSSR count). The highest BCUT2D eigenvalue weighted by molar-refractivity contribution is 7.89. The van der Waals surface area contributed by atoms with Crippen molar-refractivity contribution >= 4 is 53.5 Å². The summed E-state index contributed by atoms with van der Waals surface area (Å²) in [6.45, 7) is 3.56. The fourth-order valence-corrected chi connectivity index (χ4v) is 7.43. The van der Waals surface area contributed by atoms with E-state index in [0.29, 0.717) is 23.1 Å². The molecule has 1 aliphatic heterocycles. The highest BCUT2D eigenvalue weighted by atomic mass is 32.2. The molecule has 2 N–H and O–H groups in total. The van der Waals surface area contributed by atoms with Gasteiger partial charge in [0.1, 0.15) is 12.6 Å². The molecule has 1 fully saturated rings. The predicted octanol–water partition coefficient (Wildman–Crippen LogP) is 1.50. The molecule has 1 amide bonds. The number of rotatable bonds is 7. The molecule has 1 aromatic heterocycles. The molecule has 1 saturated heterocycles. The van der Waals surface area contributed by atoms with Gasteiger partial charge in [-0.15, -0.1) is 0 Å². The minimum atomic E-state index is -3.98. The van der Waals surface area contributed by atoms with Gasteiger partial charge in [-0.1, -0.05) is 29.0 Å². The number of primary sulfonamides is 1. The number of aryl methyl sites for hydroxylation is 1. The Hall–Kier alpha value is -2.91. The highest BCUT2D eigenvalue weighted by Gasteiger charge is 2.39. The van der Waals surface area contributed by atoms with Gasteiger partial charge in [0.25, 0.3) is 5.91 Å². The number of ether oxygens (including phenoxy) is 1. The van der Waals surface area contributed by atoms with Crippen molar-refractivity contribution in [2.45, 2.75) is 49.1 Å². The topological polar surface area (TPSA) is 158 Å². The second kappa shape index (κ2) is 10.5. The lowest BCUT2D eigenvalue weighted by Gasteiger charge is -2.21. The zero-order valence-corrected chi connectivity index (χ0v) is 22.6. The van der Waals surface area contributed by atoms with Crippen LogP contribution in [0.1, 0.15) is 25.3 Å². The Balaban J connectivity index is 1.76. The molecule has 37 heavy (non-hydrogen) atoms. The summed E-state index contributed by atoms with van der Waals surface area (Å²) >= 11 is 0.988. The third-order valence-corrected chi connectivity index (χ3v) is 9.77. The number of sulfonamides is 2. The summed E-state index contributed by atoms with van der Waals surface area (Å²) < 4.78 is 58.2. The van der Waals surface area contributed by atoms with Gasteiger partial charge in [0.15, 0.2) is 4.80 Å². The summed E-state index contributed by atoms with van der Waals surface area (Å²) in [5.41, 5.74) is 1.36. The number of hydrogen-bond donors (Lipinski definition) is 1. The first kappa shape index (κ1) is 27.1. The normalized spacial score (nSPS) is 17.4. The Morgan fingerprint density at radius 2 is 1.78 bits per heavy atom. The summed E-state index contributed by atoms with van der Waals surface area (Å²) in [6.07, 6.45) is 0.787. The second-order valence-electron chi connectivity index (χ2n) is 8.49. The van der Waals surface area contributed by atoms with Gasteiger partial charge in [0.2, 0.25) is 20.0 Å². The van der Waals surface area contributed by atoms with E-state index in [1.807, 2.05) is 6.92 Å². The lowest BCUT2D eigenvalue weighted by molar-refractivity contribution is -0.143.